The van der Waals surface area contributed by atoms with Gasteiger partial charge in [0.05, 0.1) is 12.2 Å². The average molecular weight is 276 g/mol. The first-order valence-corrected chi connectivity index (χ1v) is 7.72. The smallest absolute Gasteiger partial charge is 0.0678 e. The summed E-state index contributed by atoms with van der Waals surface area (Å²) in [6, 6.07) is 9.44. The largest absolute Gasteiger partial charge is 0.373 e. The molecule has 1 aliphatic heterocycles. The Hall–Kier alpha value is -0.900. The van der Waals surface area contributed by atoms with Gasteiger partial charge in [-0.2, -0.15) is 0 Å². The van der Waals surface area contributed by atoms with Crippen molar-refractivity contribution < 1.29 is 4.74 Å². The van der Waals surface area contributed by atoms with E-state index < -0.39 is 0 Å². The number of nitrogens with zero attached hydrogens (tertiary/aromatic N) is 1. The summed E-state index contributed by atoms with van der Waals surface area (Å²) in [6.45, 7) is 12.7. The van der Waals surface area contributed by atoms with Gasteiger partial charge in [0.1, 0.15) is 0 Å². The topological polar surface area (TPSA) is 24.5 Å². The van der Waals surface area contributed by atoms with Crippen LogP contribution in [0.4, 0.5) is 0 Å². The second kappa shape index (κ2) is 7.21. The highest BCUT2D eigenvalue weighted by Crippen LogP contribution is 2.15. The zero-order valence-electron chi connectivity index (χ0n) is 13.2. The number of ether oxygens (including phenoxy) is 1. The highest BCUT2D eigenvalue weighted by atomic mass is 16.5. The van der Waals surface area contributed by atoms with Crippen LogP contribution in [0.1, 0.15) is 38.8 Å². The van der Waals surface area contributed by atoms with Crippen LogP contribution in [0, 0.1) is 0 Å². The molecule has 0 bridgehead atoms. The number of hydrogen-bond donors (Lipinski definition) is 1. The van der Waals surface area contributed by atoms with Gasteiger partial charge in [-0.1, -0.05) is 38.1 Å². The Morgan fingerprint density at radius 3 is 2.50 bits per heavy atom. The molecule has 112 valence electrons. The molecule has 3 heteroatoms. The molecular formula is C17H28N2O. The fourth-order valence-corrected chi connectivity index (χ4v) is 2.83. The first-order chi connectivity index (χ1) is 9.52. The lowest BCUT2D eigenvalue weighted by Gasteiger charge is -2.35. The van der Waals surface area contributed by atoms with Gasteiger partial charge < -0.3 is 10.1 Å². The summed E-state index contributed by atoms with van der Waals surface area (Å²) in [7, 11) is 0. The fourth-order valence-electron chi connectivity index (χ4n) is 2.83. The molecule has 2 atom stereocenters. The van der Waals surface area contributed by atoms with Crippen LogP contribution in [0.3, 0.4) is 0 Å². The van der Waals surface area contributed by atoms with Gasteiger partial charge in [0, 0.05) is 32.2 Å². The molecule has 0 saturated carbocycles. The summed E-state index contributed by atoms with van der Waals surface area (Å²) in [5.41, 5.74) is 2.76. The van der Waals surface area contributed by atoms with Crippen LogP contribution in [0.2, 0.25) is 0 Å². The van der Waals surface area contributed by atoms with Crippen LogP contribution in [0.5, 0.6) is 0 Å². The molecule has 20 heavy (non-hydrogen) atoms. The summed E-state index contributed by atoms with van der Waals surface area (Å²) in [6.07, 6.45) is 0.675. The number of hydrogen-bond acceptors (Lipinski definition) is 3. The lowest BCUT2D eigenvalue weighted by molar-refractivity contribution is -0.0704. The summed E-state index contributed by atoms with van der Waals surface area (Å²) in [5.74, 6) is 0. The molecule has 0 amide bonds. The molecule has 1 N–H and O–H groups in total. The van der Waals surface area contributed by atoms with Crippen molar-refractivity contribution in [3.63, 3.8) is 0 Å². The van der Waals surface area contributed by atoms with Gasteiger partial charge in [-0.15, -0.1) is 0 Å². The molecule has 1 saturated heterocycles. The number of benzene rings is 1. The Kier molecular flexibility index (Phi) is 5.58. The number of rotatable bonds is 5. The molecule has 0 unspecified atom stereocenters. The predicted octanol–water partition coefficient (Wildman–Crippen LogP) is 2.79. The molecule has 2 rings (SSSR count). The Labute approximate surface area is 123 Å². The van der Waals surface area contributed by atoms with E-state index >= 15 is 0 Å². The van der Waals surface area contributed by atoms with Crippen molar-refractivity contribution >= 4 is 0 Å². The maximum Gasteiger partial charge on any atom is 0.0678 e. The minimum absolute atomic E-state index is 0.338. The fraction of sp³-hybridized carbons (Fsp3) is 0.647. The molecule has 3 nitrogen and oxygen atoms in total. The lowest BCUT2D eigenvalue weighted by Crippen LogP contribution is -2.44. The second-order valence-corrected chi connectivity index (χ2v) is 6.31. The van der Waals surface area contributed by atoms with Crippen LogP contribution in [-0.2, 0) is 17.8 Å². The van der Waals surface area contributed by atoms with Gasteiger partial charge >= 0.3 is 0 Å². The zero-order valence-corrected chi connectivity index (χ0v) is 13.2. The third-order valence-corrected chi connectivity index (χ3v) is 3.61. The molecule has 0 aliphatic carbocycles. The van der Waals surface area contributed by atoms with Crippen molar-refractivity contribution in [2.24, 2.45) is 0 Å². The summed E-state index contributed by atoms with van der Waals surface area (Å²) >= 11 is 0. The highest BCUT2D eigenvalue weighted by molar-refractivity contribution is 5.23. The van der Waals surface area contributed by atoms with Crippen molar-refractivity contribution in [1.82, 2.24) is 10.2 Å². The average Bonchev–Trinajstić information content (AvgIpc) is 2.35. The molecule has 1 aromatic rings. The van der Waals surface area contributed by atoms with E-state index in [9.17, 15) is 0 Å². The van der Waals surface area contributed by atoms with E-state index in [1.165, 1.54) is 11.1 Å². The van der Waals surface area contributed by atoms with Crippen molar-refractivity contribution in [2.45, 2.75) is 59.0 Å². The third-order valence-electron chi connectivity index (χ3n) is 3.61. The van der Waals surface area contributed by atoms with E-state index in [4.69, 9.17) is 4.74 Å². The van der Waals surface area contributed by atoms with Crippen molar-refractivity contribution in [3.8, 4) is 0 Å². The molecule has 0 spiro atoms. The Morgan fingerprint density at radius 2 is 1.85 bits per heavy atom. The molecule has 1 heterocycles. The van der Waals surface area contributed by atoms with E-state index in [-0.39, 0.29) is 0 Å². The minimum Gasteiger partial charge on any atom is -0.373 e. The van der Waals surface area contributed by atoms with Crippen LogP contribution < -0.4 is 5.32 Å². The normalized spacial score (nSPS) is 24.2. The Bertz CT molecular complexity index is 409. The predicted molar refractivity (Wildman–Crippen MR) is 83.7 cm³/mol. The van der Waals surface area contributed by atoms with Gasteiger partial charge in [-0.3, -0.25) is 4.90 Å². The minimum atomic E-state index is 0.338. The lowest BCUT2D eigenvalue weighted by atomic mass is 10.1. The van der Waals surface area contributed by atoms with Crippen molar-refractivity contribution in [1.29, 1.82) is 0 Å². The van der Waals surface area contributed by atoms with Gasteiger partial charge in [-0.05, 0) is 25.0 Å². The number of nitrogens with one attached hydrogen (secondary N) is 1. The van der Waals surface area contributed by atoms with Gasteiger partial charge in [-0.25, -0.2) is 0 Å². The quantitative estimate of drug-likeness (QED) is 0.895. The number of morpholine rings is 1. The molecule has 0 aromatic heterocycles. The standard InChI is InChI=1S/C17H28N2O/c1-13(2)18-9-16-6-5-7-17(8-16)12-19-10-14(3)20-15(4)11-19/h5-8,13-15,18H,9-12H2,1-4H3/t14-,15+. The summed E-state index contributed by atoms with van der Waals surface area (Å²) in [5, 5.41) is 3.47. The monoisotopic (exact) mass is 276 g/mol. The Balaban J connectivity index is 1.93. The second-order valence-electron chi connectivity index (χ2n) is 6.31. The van der Waals surface area contributed by atoms with E-state index in [2.05, 4.69) is 62.2 Å². The van der Waals surface area contributed by atoms with Crippen LogP contribution in [-0.4, -0.2) is 36.2 Å². The highest BCUT2D eigenvalue weighted by Gasteiger charge is 2.21. The van der Waals surface area contributed by atoms with Crippen molar-refractivity contribution in [3.05, 3.63) is 35.4 Å². The first kappa shape index (κ1) is 15.5. The molecule has 1 fully saturated rings. The SMILES string of the molecule is CC(C)NCc1cccc(CN2C[C@@H](C)O[C@@H](C)C2)c1. The summed E-state index contributed by atoms with van der Waals surface area (Å²) in [4.78, 5) is 2.49. The summed E-state index contributed by atoms with van der Waals surface area (Å²) < 4.78 is 5.79. The van der Waals surface area contributed by atoms with Gasteiger partial charge in [0.25, 0.3) is 0 Å². The molecule has 0 radical (unpaired) electrons. The van der Waals surface area contributed by atoms with Crippen LogP contribution in [0.25, 0.3) is 0 Å². The molecular weight excluding hydrogens is 248 g/mol. The Morgan fingerprint density at radius 1 is 1.20 bits per heavy atom. The molecule has 1 aliphatic rings. The van der Waals surface area contributed by atoms with Crippen LogP contribution in [0.15, 0.2) is 24.3 Å². The third kappa shape index (κ3) is 4.89. The van der Waals surface area contributed by atoms with E-state index in [1.807, 2.05) is 0 Å². The van der Waals surface area contributed by atoms with Gasteiger partial charge in [0.2, 0.25) is 0 Å². The maximum atomic E-state index is 5.79. The van der Waals surface area contributed by atoms with E-state index in [1.54, 1.807) is 0 Å². The molecule has 1 aromatic carbocycles. The van der Waals surface area contributed by atoms with Crippen LogP contribution >= 0.6 is 0 Å². The van der Waals surface area contributed by atoms with Crippen molar-refractivity contribution in [2.75, 3.05) is 13.1 Å². The first-order valence-electron chi connectivity index (χ1n) is 7.72. The van der Waals surface area contributed by atoms with E-state index in [0.29, 0.717) is 18.2 Å². The van der Waals surface area contributed by atoms with Gasteiger partial charge in [0.15, 0.2) is 0 Å². The maximum absolute atomic E-state index is 5.79. The van der Waals surface area contributed by atoms with E-state index in [0.717, 1.165) is 26.2 Å². The zero-order chi connectivity index (χ0) is 14.5.